The molecule has 116 valence electrons. The zero-order valence-corrected chi connectivity index (χ0v) is 12.7. The molecule has 0 saturated heterocycles. The van der Waals surface area contributed by atoms with Crippen LogP contribution >= 0.6 is 0 Å². The van der Waals surface area contributed by atoms with Gasteiger partial charge >= 0.3 is 0 Å². The molecule has 0 bridgehead atoms. The average Bonchev–Trinajstić information content (AvgIpc) is 2.98. The predicted molar refractivity (Wildman–Crippen MR) is 79.1 cm³/mol. The molecule has 2 atom stereocenters. The highest BCUT2D eigenvalue weighted by Gasteiger charge is 2.68. The van der Waals surface area contributed by atoms with Crippen LogP contribution in [-0.2, 0) is 9.84 Å². The lowest BCUT2D eigenvalue weighted by Crippen LogP contribution is -2.31. The van der Waals surface area contributed by atoms with Gasteiger partial charge in [-0.2, -0.15) is 0 Å². The molecule has 1 saturated carbocycles. The van der Waals surface area contributed by atoms with E-state index in [9.17, 15) is 8.42 Å². The van der Waals surface area contributed by atoms with Crippen molar-refractivity contribution in [3.8, 4) is 11.5 Å². The number of hydrogen-bond acceptors (Lipinski definition) is 6. The lowest BCUT2D eigenvalue weighted by Gasteiger charge is -2.12. The lowest BCUT2D eigenvalue weighted by atomic mass is 9.99. The summed E-state index contributed by atoms with van der Waals surface area (Å²) in [6, 6.07) is 5.53. The topological polar surface area (TPSA) is 105 Å². The van der Waals surface area contributed by atoms with E-state index >= 15 is 0 Å². The Balaban J connectivity index is 2.01. The minimum Gasteiger partial charge on any atom is -0.454 e. The molecule has 0 aromatic heterocycles. The number of ether oxygens (including phenoxy) is 2. The maximum atomic E-state index is 12.3. The van der Waals surface area contributed by atoms with Gasteiger partial charge in [-0.3, -0.25) is 0 Å². The van der Waals surface area contributed by atoms with Gasteiger partial charge in [-0.15, -0.1) is 0 Å². The van der Waals surface area contributed by atoms with E-state index < -0.39 is 20.5 Å². The van der Waals surface area contributed by atoms with Gasteiger partial charge in [-0.25, -0.2) is 8.42 Å². The van der Waals surface area contributed by atoms with E-state index in [-0.39, 0.29) is 31.6 Å². The van der Waals surface area contributed by atoms with E-state index in [1.165, 1.54) is 0 Å². The van der Waals surface area contributed by atoms with Gasteiger partial charge < -0.3 is 20.9 Å². The molecule has 0 spiro atoms. The molecule has 2 aliphatic rings. The van der Waals surface area contributed by atoms with Crippen molar-refractivity contribution in [2.45, 2.75) is 18.1 Å². The van der Waals surface area contributed by atoms with Gasteiger partial charge in [0.2, 0.25) is 6.79 Å². The Morgan fingerprint density at radius 2 is 1.90 bits per heavy atom. The van der Waals surface area contributed by atoms with E-state index in [1.54, 1.807) is 6.92 Å². The van der Waals surface area contributed by atoms with Gasteiger partial charge in [0.05, 0.1) is 5.25 Å². The first-order valence-electron chi connectivity index (χ1n) is 7.01. The first-order chi connectivity index (χ1) is 10.00. The van der Waals surface area contributed by atoms with Crippen LogP contribution in [0.3, 0.4) is 0 Å². The molecule has 7 heteroatoms. The van der Waals surface area contributed by atoms with Crippen molar-refractivity contribution in [3.05, 3.63) is 23.8 Å². The van der Waals surface area contributed by atoms with Gasteiger partial charge in [-0.05, 0) is 17.7 Å². The summed E-state index contributed by atoms with van der Waals surface area (Å²) < 4.78 is 35.3. The standard InChI is InChI=1S/C14H20N2O4S/c1-2-21(17,18)13-12(14(13,6-15)7-16)9-3-4-10-11(5-9)20-8-19-10/h3-5,12-13H,2,6-8,15-16H2,1H3/t12-,13-/m0/s1. The third kappa shape index (κ3) is 2.03. The highest BCUT2D eigenvalue weighted by Crippen LogP contribution is 2.62. The third-order valence-corrected chi connectivity index (χ3v) is 7.00. The van der Waals surface area contributed by atoms with E-state index in [0.29, 0.717) is 11.5 Å². The minimum absolute atomic E-state index is 0.0977. The number of sulfone groups is 1. The SMILES string of the molecule is CCS(=O)(=O)[C@H]1[C@H](c2ccc3c(c2)OCO3)C1(CN)CN. The van der Waals surface area contributed by atoms with Crippen molar-refractivity contribution < 1.29 is 17.9 Å². The molecule has 4 N–H and O–H groups in total. The van der Waals surface area contributed by atoms with Crippen LogP contribution in [0.2, 0.25) is 0 Å². The summed E-state index contributed by atoms with van der Waals surface area (Å²) in [6.07, 6.45) is 0. The Kier molecular flexibility index (Phi) is 3.38. The molecule has 1 aliphatic carbocycles. The highest BCUT2D eigenvalue weighted by molar-refractivity contribution is 7.92. The molecular formula is C14H20N2O4S. The smallest absolute Gasteiger partial charge is 0.231 e. The molecule has 1 aromatic rings. The highest BCUT2D eigenvalue weighted by atomic mass is 32.2. The Hall–Kier alpha value is -1.31. The van der Waals surface area contributed by atoms with Crippen molar-refractivity contribution in [3.63, 3.8) is 0 Å². The second-order valence-electron chi connectivity index (χ2n) is 5.60. The lowest BCUT2D eigenvalue weighted by molar-refractivity contribution is 0.174. The zero-order chi connectivity index (χ0) is 15.3. The number of benzene rings is 1. The fourth-order valence-corrected chi connectivity index (χ4v) is 5.56. The van der Waals surface area contributed by atoms with Gasteiger partial charge in [0, 0.05) is 30.2 Å². The Labute approximate surface area is 124 Å². The normalized spacial score (nSPS) is 25.9. The molecule has 21 heavy (non-hydrogen) atoms. The van der Waals surface area contributed by atoms with Crippen molar-refractivity contribution in [1.82, 2.24) is 0 Å². The molecule has 0 unspecified atom stereocenters. The molecule has 6 nitrogen and oxygen atoms in total. The molecule has 1 fully saturated rings. The largest absolute Gasteiger partial charge is 0.454 e. The number of nitrogens with two attached hydrogens (primary N) is 2. The van der Waals surface area contributed by atoms with Crippen molar-refractivity contribution in [2.24, 2.45) is 16.9 Å². The molecular weight excluding hydrogens is 292 g/mol. The summed E-state index contributed by atoms with van der Waals surface area (Å²) >= 11 is 0. The summed E-state index contributed by atoms with van der Waals surface area (Å²) in [5.41, 5.74) is 12.1. The minimum atomic E-state index is -3.20. The zero-order valence-electron chi connectivity index (χ0n) is 11.9. The van der Waals surface area contributed by atoms with Crippen LogP contribution < -0.4 is 20.9 Å². The van der Waals surface area contributed by atoms with Gasteiger partial charge in [0.1, 0.15) is 0 Å². The van der Waals surface area contributed by atoms with Crippen molar-refractivity contribution >= 4 is 9.84 Å². The molecule has 1 heterocycles. The predicted octanol–water partition coefficient (Wildman–Crippen LogP) is 0.220. The second-order valence-corrected chi connectivity index (χ2v) is 8.01. The number of rotatable bonds is 5. The van der Waals surface area contributed by atoms with Crippen LogP contribution in [0.25, 0.3) is 0 Å². The molecule has 1 aromatic carbocycles. The fraction of sp³-hybridized carbons (Fsp3) is 0.571. The number of fused-ring (bicyclic) bond motifs is 1. The van der Waals surface area contributed by atoms with E-state index in [0.717, 1.165) is 5.56 Å². The quantitative estimate of drug-likeness (QED) is 0.806. The van der Waals surface area contributed by atoms with Crippen LogP contribution in [0.1, 0.15) is 18.4 Å². The second kappa shape index (κ2) is 4.86. The summed E-state index contributed by atoms with van der Waals surface area (Å²) in [4.78, 5) is 0. The van der Waals surface area contributed by atoms with E-state index in [4.69, 9.17) is 20.9 Å². The van der Waals surface area contributed by atoms with E-state index in [1.807, 2.05) is 18.2 Å². The monoisotopic (exact) mass is 312 g/mol. The van der Waals surface area contributed by atoms with Crippen LogP contribution in [0, 0.1) is 5.41 Å². The maximum Gasteiger partial charge on any atom is 0.231 e. The molecule has 1 aliphatic heterocycles. The molecule has 0 amide bonds. The van der Waals surface area contributed by atoms with Gasteiger partial charge in [0.15, 0.2) is 21.3 Å². The van der Waals surface area contributed by atoms with Crippen molar-refractivity contribution in [1.29, 1.82) is 0 Å². The summed E-state index contributed by atoms with van der Waals surface area (Å²) in [7, 11) is -3.20. The Bertz CT molecular complexity index is 655. The molecule has 3 rings (SSSR count). The first-order valence-corrected chi connectivity index (χ1v) is 8.73. The maximum absolute atomic E-state index is 12.3. The average molecular weight is 312 g/mol. The van der Waals surface area contributed by atoms with Crippen LogP contribution in [0.5, 0.6) is 11.5 Å². The van der Waals surface area contributed by atoms with Crippen LogP contribution in [0.15, 0.2) is 18.2 Å². The third-order valence-electron chi connectivity index (χ3n) is 4.68. The van der Waals surface area contributed by atoms with E-state index in [2.05, 4.69) is 0 Å². The van der Waals surface area contributed by atoms with Gasteiger partial charge in [-0.1, -0.05) is 13.0 Å². The summed E-state index contributed by atoms with van der Waals surface area (Å²) in [5, 5.41) is -0.509. The number of hydrogen-bond donors (Lipinski definition) is 2. The van der Waals surface area contributed by atoms with Crippen LogP contribution in [-0.4, -0.2) is 39.3 Å². The summed E-state index contributed by atoms with van der Waals surface area (Å²) in [5.74, 6) is 1.25. The summed E-state index contributed by atoms with van der Waals surface area (Å²) in [6.45, 7) is 2.36. The molecule has 0 radical (unpaired) electrons. The first kappa shape index (κ1) is 14.6. The fourth-order valence-electron chi connectivity index (χ4n) is 3.38. The van der Waals surface area contributed by atoms with Crippen molar-refractivity contribution in [2.75, 3.05) is 25.6 Å². The Morgan fingerprint density at radius 1 is 1.24 bits per heavy atom. The van der Waals surface area contributed by atoms with Gasteiger partial charge in [0.25, 0.3) is 0 Å². The van der Waals surface area contributed by atoms with Crippen LogP contribution in [0.4, 0.5) is 0 Å². The Morgan fingerprint density at radius 3 is 2.52 bits per heavy atom.